The molecule has 0 heterocycles. The Balaban J connectivity index is 1.91. The molecule has 1 atom stereocenters. The number of nitrogens with zero attached hydrogens (tertiary/aromatic N) is 1. The van der Waals surface area contributed by atoms with Crippen molar-refractivity contribution in [3.05, 3.63) is 66.2 Å². The Kier molecular flexibility index (Phi) is 9.10. The first-order chi connectivity index (χ1) is 15.0. The third-order valence-electron chi connectivity index (χ3n) is 4.25. The van der Waals surface area contributed by atoms with Crippen LogP contribution >= 0.6 is 0 Å². The summed E-state index contributed by atoms with van der Waals surface area (Å²) in [6.45, 7) is 5.51. The van der Waals surface area contributed by atoms with Crippen molar-refractivity contribution in [1.29, 1.82) is 0 Å². The molecule has 0 aliphatic heterocycles. The van der Waals surface area contributed by atoms with Crippen molar-refractivity contribution in [2.24, 2.45) is 5.10 Å². The van der Waals surface area contributed by atoms with Crippen LogP contribution in [-0.4, -0.2) is 44.9 Å². The summed E-state index contributed by atoms with van der Waals surface area (Å²) < 4.78 is 16.0. The van der Waals surface area contributed by atoms with E-state index in [9.17, 15) is 9.59 Å². The second-order valence-electron chi connectivity index (χ2n) is 6.53. The summed E-state index contributed by atoms with van der Waals surface area (Å²) in [5.41, 5.74) is 3.86. The van der Waals surface area contributed by atoms with Crippen molar-refractivity contribution < 1.29 is 23.8 Å². The number of ether oxygens (including phenoxy) is 3. The number of para-hydroxylation sites is 1. The normalized spacial score (nSPS) is 11.5. The average molecular weight is 425 g/mol. The van der Waals surface area contributed by atoms with E-state index < -0.39 is 11.9 Å². The highest BCUT2D eigenvalue weighted by Crippen LogP contribution is 2.30. The van der Waals surface area contributed by atoms with E-state index in [1.54, 1.807) is 62.6 Å². The largest absolute Gasteiger partial charge is 0.497 e. The molecule has 0 aromatic heterocycles. The Morgan fingerprint density at radius 2 is 1.87 bits per heavy atom. The topological polar surface area (TPSA) is 98.2 Å². The van der Waals surface area contributed by atoms with Crippen molar-refractivity contribution in [2.75, 3.05) is 20.8 Å². The fraction of sp³-hybridized carbons (Fsp3) is 0.261. The van der Waals surface area contributed by atoms with E-state index in [4.69, 9.17) is 14.2 Å². The highest BCUT2D eigenvalue weighted by molar-refractivity contribution is 5.90. The maximum atomic E-state index is 12.3. The predicted molar refractivity (Wildman–Crippen MR) is 119 cm³/mol. The van der Waals surface area contributed by atoms with Gasteiger partial charge in [-0.2, -0.15) is 5.10 Å². The molecule has 2 aromatic carbocycles. The molecule has 164 valence electrons. The van der Waals surface area contributed by atoms with Crippen LogP contribution in [0.15, 0.2) is 60.2 Å². The van der Waals surface area contributed by atoms with Gasteiger partial charge in [0, 0.05) is 5.56 Å². The van der Waals surface area contributed by atoms with E-state index >= 15 is 0 Å². The molecule has 2 rings (SSSR count). The zero-order chi connectivity index (χ0) is 22.6. The van der Waals surface area contributed by atoms with E-state index in [1.807, 2.05) is 0 Å². The quantitative estimate of drug-likeness (QED) is 0.327. The molecule has 1 unspecified atom stereocenters. The molecule has 8 nitrogen and oxygen atoms in total. The molecule has 0 aliphatic carbocycles. The van der Waals surface area contributed by atoms with Gasteiger partial charge in [-0.1, -0.05) is 30.9 Å². The second kappa shape index (κ2) is 12.0. The maximum absolute atomic E-state index is 12.3. The van der Waals surface area contributed by atoms with E-state index in [0.717, 1.165) is 5.56 Å². The molecular weight excluding hydrogens is 398 g/mol. The van der Waals surface area contributed by atoms with Gasteiger partial charge in [0.05, 0.1) is 26.9 Å². The fourth-order valence-electron chi connectivity index (χ4n) is 2.64. The number of rotatable bonds is 11. The van der Waals surface area contributed by atoms with Gasteiger partial charge in [-0.05, 0) is 36.8 Å². The molecule has 2 N–H and O–H groups in total. The van der Waals surface area contributed by atoms with Gasteiger partial charge >= 0.3 is 0 Å². The molecule has 2 amide bonds. The van der Waals surface area contributed by atoms with Crippen LogP contribution in [-0.2, 0) is 16.0 Å². The molecule has 8 heteroatoms. The SMILES string of the molecule is C=CCOc1c(C=NNC(=O)C(C)NC(=O)Cc2ccc(OC)cc2)cccc1OC. The summed E-state index contributed by atoms with van der Waals surface area (Å²) in [6.07, 6.45) is 3.22. The smallest absolute Gasteiger partial charge is 0.262 e. The minimum absolute atomic E-state index is 0.151. The predicted octanol–water partition coefficient (Wildman–Crippen LogP) is 2.47. The Morgan fingerprint density at radius 3 is 2.52 bits per heavy atom. The van der Waals surface area contributed by atoms with Gasteiger partial charge in [0.25, 0.3) is 5.91 Å². The van der Waals surface area contributed by atoms with E-state index in [0.29, 0.717) is 29.4 Å². The van der Waals surface area contributed by atoms with Gasteiger partial charge in [-0.3, -0.25) is 9.59 Å². The first kappa shape index (κ1) is 23.5. The number of hydrogen-bond donors (Lipinski definition) is 2. The maximum Gasteiger partial charge on any atom is 0.262 e. The summed E-state index contributed by atoms with van der Waals surface area (Å²) >= 11 is 0. The Bertz CT molecular complexity index is 925. The van der Waals surface area contributed by atoms with Crippen molar-refractivity contribution in [2.45, 2.75) is 19.4 Å². The zero-order valence-corrected chi connectivity index (χ0v) is 17.9. The van der Waals surface area contributed by atoms with Crippen LogP contribution in [0.4, 0.5) is 0 Å². The Morgan fingerprint density at radius 1 is 1.13 bits per heavy atom. The highest BCUT2D eigenvalue weighted by Gasteiger charge is 2.15. The summed E-state index contributed by atoms with van der Waals surface area (Å²) in [5.74, 6) is 1.02. The minimum atomic E-state index is -0.760. The fourth-order valence-corrected chi connectivity index (χ4v) is 2.64. The molecular formula is C23H27N3O5. The lowest BCUT2D eigenvalue weighted by Crippen LogP contribution is -2.43. The Labute approximate surface area is 181 Å². The number of hydrazone groups is 1. The standard InChI is InChI=1S/C23H27N3O5/c1-5-13-31-22-18(7-6-8-20(22)30-4)15-24-26-23(28)16(2)25-21(27)14-17-9-11-19(29-3)12-10-17/h5-12,15-16H,1,13-14H2,2-4H3,(H,25,27)(H,26,28). The average Bonchev–Trinajstić information content (AvgIpc) is 2.78. The Hall–Kier alpha value is -3.81. The van der Waals surface area contributed by atoms with Crippen LogP contribution in [0, 0.1) is 0 Å². The van der Waals surface area contributed by atoms with Gasteiger partial charge in [-0.25, -0.2) is 5.43 Å². The van der Waals surface area contributed by atoms with Gasteiger partial charge in [0.15, 0.2) is 11.5 Å². The van der Waals surface area contributed by atoms with E-state index in [2.05, 4.69) is 22.4 Å². The number of amides is 2. The molecule has 0 spiro atoms. The minimum Gasteiger partial charge on any atom is -0.497 e. The molecule has 31 heavy (non-hydrogen) atoms. The lowest BCUT2D eigenvalue weighted by molar-refractivity contribution is -0.128. The summed E-state index contributed by atoms with van der Waals surface area (Å²) in [4.78, 5) is 24.5. The van der Waals surface area contributed by atoms with Crippen molar-refractivity contribution in [3.8, 4) is 17.2 Å². The van der Waals surface area contributed by atoms with Crippen molar-refractivity contribution in [1.82, 2.24) is 10.7 Å². The van der Waals surface area contributed by atoms with Crippen LogP contribution in [0.5, 0.6) is 17.2 Å². The van der Waals surface area contributed by atoms with E-state index in [1.165, 1.54) is 13.3 Å². The third kappa shape index (κ3) is 7.18. The molecule has 0 bridgehead atoms. The summed E-state index contributed by atoms with van der Waals surface area (Å²) in [5, 5.41) is 6.62. The highest BCUT2D eigenvalue weighted by atomic mass is 16.5. The van der Waals surface area contributed by atoms with Crippen LogP contribution in [0.1, 0.15) is 18.1 Å². The molecule has 0 aliphatic rings. The molecule has 0 fully saturated rings. The summed E-state index contributed by atoms with van der Waals surface area (Å²) in [7, 11) is 3.11. The van der Waals surface area contributed by atoms with Gasteiger partial charge in [0.1, 0.15) is 18.4 Å². The number of carbonyl (C=O) groups is 2. The second-order valence-corrected chi connectivity index (χ2v) is 6.53. The number of methoxy groups -OCH3 is 2. The van der Waals surface area contributed by atoms with Gasteiger partial charge in [0.2, 0.25) is 5.91 Å². The van der Waals surface area contributed by atoms with Crippen LogP contribution in [0.2, 0.25) is 0 Å². The van der Waals surface area contributed by atoms with E-state index in [-0.39, 0.29) is 12.3 Å². The number of hydrogen-bond acceptors (Lipinski definition) is 6. The van der Waals surface area contributed by atoms with Crippen LogP contribution in [0.25, 0.3) is 0 Å². The van der Waals surface area contributed by atoms with Gasteiger partial charge in [-0.15, -0.1) is 0 Å². The van der Waals surface area contributed by atoms with Crippen LogP contribution < -0.4 is 25.0 Å². The summed E-state index contributed by atoms with van der Waals surface area (Å²) in [6, 6.07) is 11.7. The molecule has 0 radical (unpaired) electrons. The molecule has 0 saturated heterocycles. The van der Waals surface area contributed by atoms with Crippen molar-refractivity contribution in [3.63, 3.8) is 0 Å². The number of carbonyl (C=O) groups excluding carboxylic acids is 2. The first-order valence-corrected chi connectivity index (χ1v) is 9.64. The monoisotopic (exact) mass is 425 g/mol. The van der Waals surface area contributed by atoms with Crippen molar-refractivity contribution >= 4 is 18.0 Å². The van der Waals surface area contributed by atoms with Gasteiger partial charge < -0.3 is 19.5 Å². The number of nitrogens with one attached hydrogen (secondary N) is 2. The zero-order valence-electron chi connectivity index (χ0n) is 17.9. The number of benzene rings is 2. The third-order valence-corrected chi connectivity index (χ3v) is 4.25. The first-order valence-electron chi connectivity index (χ1n) is 9.64. The lowest BCUT2D eigenvalue weighted by atomic mass is 10.1. The lowest BCUT2D eigenvalue weighted by Gasteiger charge is -2.13. The molecule has 2 aromatic rings. The van der Waals surface area contributed by atoms with Crippen LogP contribution in [0.3, 0.4) is 0 Å². The molecule has 0 saturated carbocycles.